The summed E-state index contributed by atoms with van der Waals surface area (Å²) in [6.45, 7) is 0. The molecule has 0 aromatic heterocycles. The molecule has 0 heterocycles. The topological polar surface area (TPSA) is 38.0 Å². The highest BCUT2D eigenvalue weighted by molar-refractivity contribution is 7.80. The Morgan fingerprint density at radius 3 is 2.26 bits per heavy atom. The third-order valence-corrected chi connectivity index (χ3v) is 2.94. The average molecular weight is 299 g/mol. The van der Waals surface area contributed by atoms with Crippen molar-refractivity contribution >= 4 is 40.2 Å². The van der Waals surface area contributed by atoms with Crippen LogP contribution in [0.1, 0.15) is 5.56 Å². The van der Waals surface area contributed by atoms with Gasteiger partial charge in [0.05, 0.1) is 10.7 Å². The largest absolute Gasteiger partial charge is 0.389 e. The molecule has 0 unspecified atom stereocenters. The molecule has 0 aliphatic carbocycles. The molecule has 0 atom stereocenters. The van der Waals surface area contributed by atoms with Crippen molar-refractivity contribution in [2.24, 2.45) is 5.73 Å². The molecule has 0 amide bonds. The van der Waals surface area contributed by atoms with Crippen molar-refractivity contribution in [1.29, 1.82) is 0 Å². The van der Waals surface area contributed by atoms with Gasteiger partial charge in [-0.1, -0.05) is 23.8 Å². The maximum Gasteiger partial charge on any atom is 0.128 e. The van der Waals surface area contributed by atoms with Crippen LogP contribution in [0.15, 0.2) is 36.4 Å². The van der Waals surface area contributed by atoms with Crippen molar-refractivity contribution in [3.63, 3.8) is 0 Å². The Morgan fingerprint density at radius 1 is 1.11 bits per heavy atom. The number of thiocarbonyl (C=S) groups is 1. The molecule has 19 heavy (non-hydrogen) atoms. The highest BCUT2D eigenvalue weighted by Crippen LogP contribution is 2.27. The molecule has 2 nitrogen and oxygen atoms in total. The van der Waals surface area contributed by atoms with Crippen molar-refractivity contribution in [2.45, 2.75) is 0 Å². The van der Waals surface area contributed by atoms with Gasteiger partial charge in [0.2, 0.25) is 0 Å². The predicted molar refractivity (Wildman–Crippen MR) is 77.0 cm³/mol. The molecule has 0 aliphatic heterocycles. The number of nitrogens with two attached hydrogens (primary N) is 1. The molecule has 0 saturated heterocycles. The molecule has 2 rings (SSSR count). The lowest BCUT2D eigenvalue weighted by Crippen LogP contribution is -2.09. The lowest BCUT2D eigenvalue weighted by atomic mass is 10.2. The lowest BCUT2D eigenvalue weighted by molar-refractivity contribution is 0.584. The van der Waals surface area contributed by atoms with Gasteiger partial charge in [-0.05, 0) is 30.3 Å². The number of rotatable bonds is 3. The average Bonchev–Trinajstić information content (AvgIpc) is 2.30. The van der Waals surface area contributed by atoms with E-state index in [1.165, 1.54) is 12.1 Å². The van der Waals surface area contributed by atoms with Gasteiger partial charge in [0.15, 0.2) is 0 Å². The van der Waals surface area contributed by atoms with Gasteiger partial charge in [-0.15, -0.1) is 0 Å². The first kappa shape index (κ1) is 13.7. The van der Waals surface area contributed by atoms with Crippen LogP contribution >= 0.6 is 23.8 Å². The summed E-state index contributed by atoms with van der Waals surface area (Å²) in [6, 6.07) is 8.03. The molecule has 3 N–H and O–H groups in total. The zero-order valence-corrected chi connectivity index (χ0v) is 11.2. The summed E-state index contributed by atoms with van der Waals surface area (Å²) >= 11 is 10.9. The van der Waals surface area contributed by atoms with E-state index < -0.39 is 11.6 Å². The summed E-state index contributed by atoms with van der Waals surface area (Å²) in [5, 5.41) is 3.18. The first-order chi connectivity index (χ1) is 8.95. The van der Waals surface area contributed by atoms with E-state index in [-0.39, 0.29) is 10.7 Å². The van der Waals surface area contributed by atoms with Crippen molar-refractivity contribution in [3.05, 3.63) is 58.6 Å². The summed E-state index contributed by atoms with van der Waals surface area (Å²) < 4.78 is 26.1. The fourth-order valence-electron chi connectivity index (χ4n) is 1.55. The maximum absolute atomic E-state index is 13.1. The van der Waals surface area contributed by atoms with Gasteiger partial charge in [0.25, 0.3) is 0 Å². The van der Waals surface area contributed by atoms with Gasteiger partial charge >= 0.3 is 0 Å². The smallest absolute Gasteiger partial charge is 0.128 e. The summed E-state index contributed by atoms with van der Waals surface area (Å²) in [6.07, 6.45) is 0. The minimum absolute atomic E-state index is 0.227. The van der Waals surface area contributed by atoms with E-state index in [1.54, 1.807) is 18.2 Å². The summed E-state index contributed by atoms with van der Waals surface area (Å²) in [4.78, 5) is 0.227. The molecule has 2 aromatic rings. The van der Waals surface area contributed by atoms with Crippen molar-refractivity contribution < 1.29 is 8.78 Å². The molecule has 0 spiro atoms. The van der Waals surface area contributed by atoms with E-state index in [1.807, 2.05) is 0 Å². The molecule has 0 aliphatic rings. The molecule has 0 radical (unpaired) electrons. The number of anilines is 2. The van der Waals surface area contributed by atoms with E-state index in [0.29, 0.717) is 16.3 Å². The van der Waals surface area contributed by atoms with Crippen LogP contribution in [0.4, 0.5) is 20.2 Å². The molecule has 0 fully saturated rings. The summed E-state index contributed by atoms with van der Waals surface area (Å²) in [5.74, 6) is -1.34. The normalized spacial score (nSPS) is 10.3. The number of nitrogens with one attached hydrogen (secondary N) is 1. The second-order valence-corrected chi connectivity index (χ2v) is 4.69. The standard InChI is InChI=1S/C13H9ClF2N2S/c14-11-3-7(13(17)19)1-2-12(11)18-10-5-8(15)4-9(16)6-10/h1-6,18H,(H2,17,19). The molecular weight excluding hydrogens is 290 g/mol. The van der Waals surface area contributed by atoms with E-state index in [0.717, 1.165) is 6.07 Å². The van der Waals surface area contributed by atoms with Crippen LogP contribution in [0.5, 0.6) is 0 Å². The van der Waals surface area contributed by atoms with Gasteiger partial charge in [-0.3, -0.25) is 0 Å². The SMILES string of the molecule is NC(=S)c1ccc(Nc2cc(F)cc(F)c2)c(Cl)c1. The monoisotopic (exact) mass is 298 g/mol. The molecule has 6 heteroatoms. The van der Waals surface area contributed by atoms with Gasteiger partial charge in [0.1, 0.15) is 16.6 Å². The van der Waals surface area contributed by atoms with Crippen molar-refractivity contribution in [1.82, 2.24) is 0 Å². The Morgan fingerprint density at radius 2 is 1.74 bits per heavy atom. The Kier molecular flexibility index (Phi) is 3.97. The first-order valence-electron chi connectivity index (χ1n) is 5.28. The summed E-state index contributed by atoms with van der Waals surface area (Å²) in [7, 11) is 0. The highest BCUT2D eigenvalue weighted by atomic mass is 35.5. The zero-order valence-electron chi connectivity index (χ0n) is 9.58. The van der Waals surface area contributed by atoms with Crippen molar-refractivity contribution in [3.8, 4) is 0 Å². The van der Waals surface area contributed by atoms with Crippen LogP contribution in [0.2, 0.25) is 5.02 Å². The Labute approximate surface area is 119 Å². The first-order valence-corrected chi connectivity index (χ1v) is 6.07. The Bertz CT molecular complexity index is 626. The third kappa shape index (κ3) is 3.39. The molecule has 0 saturated carbocycles. The van der Waals surface area contributed by atoms with Crippen molar-refractivity contribution in [2.75, 3.05) is 5.32 Å². The van der Waals surface area contributed by atoms with Gasteiger partial charge < -0.3 is 11.1 Å². The van der Waals surface area contributed by atoms with Crippen LogP contribution < -0.4 is 11.1 Å². The van der Waals surface area contributed by atoms with Crippen LogP contribution in [0, 0.1) is 11.6 Å². The highest BCUT2D eigenvalue weighted by Gasteiger charge is 2.06. The van der Waals surface area contributed by atoms with E-state index in [4.69, 9.17) is 29.6 Å². The number of benzene rings is 2. The number of halogens is 3. The van der Waals surface area contributed by atoms with Crippen LogP contribution in [0.25, 0.3) is 0 Å². The molecule has 98 valence electrons. The van der Waals surface area contributed by atoms with E-state index >= 15 is 0 Å². The molecule has 2 aromatic carbocycles. The third-order valence-electron chi connectivity index (χ3n) is 2.40. The fraction of sp³-hybridized carbons (Fsp3) is 0. The predicted octanol–water partition coefficient (Wildman–Crippen LogP) is 4.00. The molecule has 0 bridgehead atoms. The Balaban J connectivity index is 2.30. The summed E-state index contributed by atoms with van der Waals surface area (Å²) in [5.41, 5.74) is 6.87. The minimum Gasteiger partial charge on any atom is -0.389 e. The van der Waals surface area contributed by atoms with Gasteiger partial charge in [-0.2, -0.15) is 0 Å². The number of hydrogen-bond acceptors (Lipinski definition) is 2. The molecular formula is C13H9ClF2N2S. The van der Waals surface area contributed by atoms with Gasteiger partial charge in [0, 0.05) is 17.3 Å². The minimum atomic E-state index is -0.668. The second kappa shape index (κ2) is 5.50. The van der Waals surface area contributed by atoms with Crippen LogP contribution in [-0.2, 0) is 0 Å². The maximum atomic E-state index is 13.1. The zero-order chi connectivity index (χ0) is 14.0. The van der Waals surface area contributed by atoms with Crippen LogP contribution in [-0.4, -0.2) is 4.99 Å². The Hall–Kier alpha value is -1.72. The lowest BCUT2D eigenvalue weighted by Gasteiger charge is -2.10. The number of hydrogen-bond donors (Lipinski definition) is 2. The van der Waals surface area contributed by atoms with E-state index in [9.17, 15) is 8.78 Å². The second-order valence-electron chi connectivity index (χ2n) is 3.84. The quantitative estimate of drug-likeness (QED) is 0.841. The van der Waals surface area contributed by atoms with Gasteiger partial charge in [-0.25, -0.2) is 8.78 Å². The van der Waals surface area contributed by atoms with Crippen LogP contribution in [0.3, 0.4) is 0 Å². The van der Waals surface area contributed by atoms with E-state index in [2.05, 4.69) is 5.32 Å². The fourth-order valence-corrected chi connectivity index (χ4v) is 1.91.